The van der Waals surface area contributed by atoms with Crippen LogP contribution in [0.1, 0.15) is 15.9 Å². The standard InChI is InChI=1S/C16H16ClN3O/c1-11-9-13(19-15(18)10-17)7-8-14(11)20-16(21)12-5-3-2-4-6-12/h2-9H,10H2,1H3,(H2,18,19)(H,20,21). The molecule has 0 saturated carbocycles. The van der Waals surface area contributed by atoms with E-state index in [4.69, 9.17) is 17.3 Å². The van der Waals surface area contributed by atoms with Crippen molar-refractivity contribution in [3.8, 4) is 0 Å². The lowest BCUT2D eigenvalue weighted by molar-refractivity contribution is 0.102. The maximum Gasteiger partial charge on any atom is 0.255 e. The highest BCUT2D eigenvalue weighted by Gasteiger charge is 2.07. The number of benzene rings is 2. The number of aryl methyl sites for hydroxylation is 1. The van der Waals surface area contributed by atoms with Crippen LogP contribution < -0.4 is 11.1 Å². The third-order valence-corrected chi connectivity index (χ3v) is 3.18. The number of rotatable bonds is 4. The molecule has 2 aromatic rings. The first-order valence-electron chi connectivity index (χ1n) is 6.46. The fourth-order valence-electron chi connectivity index (χ4n) is 1.84. The minimum absolute atomic E-state index is 0.143. The summed E-state index contributed by atoms with van der Waals surface area (Å²) in [5.74, 6) is 0.401. The molecular weight excluding hydrogens is 286 g/mol. The number of carbonyl (C=O) groups is 1. The molecule has 0 fully saturated rings. The zero-order chi connectivity index (χ0) is 15.2. The number of amidine groups is 1. The molecular formula is C16H16ClN3O. The molecule has 0 aromatic heterocycles. The Morgan fingerprint density at radius 1 is 1.24 bits per heavy atom. The van der Waals surface area contributed by atoms with Crippen molar-refractivity contribution in [1.82, 2.24) is 0 Å². The van der Waals surface area contributed by atoms with Crippen molar-refractivity contribution in [2.45, 2.75) is 6.92 Å². The summed E-state index contributed by atoms with van der Waals surface area (Å²) >= 11 is 5.60. The Balaban J connectivity index is 2.17. The maximum atomic E-state index is 12.1. The Labute approximate surface area is 128 Å². The molecule has 108 valence electrons. The van der Waals surface area contributed by atoms with Crippen molar-refractivity contribution >= 4 is 34.7 Å². The highest BCUT2D eigenvalue weighted by Crippen LogP contribution is 2.22. The minimum Gasteiger partial charge on any atom is -0.386 e. The van der Waals surface area contributed by atoms with E-state index in [1.54, 1.807) is 24.3 Å². The quantitative estimate of drug-likeness (QED) is 0.516. The number of anilines is 1. The van der Waals surface area contributed by atoms with Gasteiger partial charge in [0.25, 0.3) is 5.91 Å². The molecule has 2 aromatic carbocycles. The molecule has 0 radical (unpaired) electrons. The van der Waals surface area contributed by atoms with Gasteiger partial charge in [0.2, 0.25) is 0 Å². The van der Waals surface area contributed by atoms with Crippen molar-refractivity contribution < 1.29 is 4.79 Å². The Kier molecular flexibility index (Phi) is 4.95. The predicted octanol–water partition coefficient (Wildman–Crippen LogP) is 3.47. The monoisotopic (exact) mass is 301 g/mol. The zero-order valence-corrected chi connectivity index (χ0v) is 12.4. The third kappa shape index (κ3) is 4.07. The van der Waals surface area contributed by atoms with Gasteiger partial charge in [-0.3, -0.25) is 4.79 Å². The zero-order valence-electron chi connectivity index (χ0n) is 11.6. The number of carbonyl (C=O) groups excluding carboxylic acids is 1. The van der Waals surface area contributed by atoms with Gasteiger partial charge in [-0.2, -0.15) is 0 Å². The Morgan fingerprint density at radius 3 is 2.57 bits per heavy atom. The molecule has 1 amide bonds. The Bertz CT molecular complexity index is 668. The summed E-state index contributed by atoms with van der Waals surface area (Å²) in [5.41, 5.74) is 8.57. The number of nitrogens with two attached hydrogens (primary N) is 1. The van der Waals surface area contributed by atoms with Crippen molar-refractivity contribution in [3.05, 3.63) is 59.7 Å². The summed E-state index contributed by atoms with van der Waals surface area (Å²) in [6.07, 6.45) is 0. The van der Waals surface area contributed by atoms with Crippen LogP contribution in [-0.4, -0.2) is 17.6 Å². The van der Waals surface area contributed by atoms with E-state index in [9.17, 15) is 4.79 Å². The molecule has 0 spiro atoms. The molecule has 3 N–H and O–H groups in total. The minimum atomic E-state index is -0.143. The summed E-state index contributed by atoms with van der Waals surface area (Å²) in [7, 11) is 0. The summed E-state index contributed by atoms with van der Waals surface area (Å²) in [4.78, 5) is 16.3. The molecule has 5 heteroatoms. The molecule has 0 aliphatic carbocycles. The van der Waals surface area contributed by atoms with Crippen LogP contribution in [0.3, 0.4) is 0 Å². The van der Waals surface area contributed by atoms with E-state index in [1.807, 2.05) is 31.2 Å². The molecule has 21 heavy (non-hydrogen) atoms. The van der Waals surface area contributed by atoms with Crippen LogP contribution in [-0.2, 0) is 0 Å². The van der Waals surface area contributed by atoms with Crippen molar-refractivity contribution in [2.24, 2.45) is 10.7 Å². The van der Waals surface area contributed by atoms with Crippen LogP contribution >= 0.6 is 11.6 Å². The van der Waals surface area contributed by atoms with Crippen LogP contribution in [0.25, 0.3) is 0 Å². The van der Waals surface area contributed by atoms with Crippen molar-refractivity contribution in [1.29, 1.82) is 0 Å². The van der Waals surface area contributed by atoms with Crippen LogP contribution in [0.15, 0.2) is 53.5 Å². The smallest absolute Gasteiger partial charge is 0.255 e. The van der Waals surface area contributed by atoms with Crippen LogP contribution in [0.4, 0.5) is 11.4 Å². The van der Waals surface area contributed by atoms with Gasteiger partial charge in [-0.05, 0) is 42.8 Å². The van der Waals surface area contributed by atoms with Crippen LogP contribution in [0.5, 0.6) is 0 Å². The first-order chi connectivity index (χ1) is 10.1. The summed E-state index contributed by atoms with van der Waals surface area (Å²) < 4.78 is 0. The van der Waals surface area contributed by atoms with Gasteiger partial charge in [-0.15, -0.1) is 11.6 Å². The lowest BCUT2D eigenvalue weighted by Crippen LogP contribution is -2.13. The van der Waals surface area contributed by atoms with Gasteiger partial charge in [-0.1, -0.05) is 18.2 Å². The number of nitrogens with one attached hydrogen (secondary N) is 1. The highest BCUT2D eigenvalue weighted by molar-refractivity contribution is 6.28. The van der Waals surface area contributed by atoms with Crippen molar-refractivity contribution in [3.63, 3.8) is 0 Å². The van der Waals surface area contributed by atoms with Crippen LogP contribution in [0, 0.1) is 6.92 Å². The van der Waals surface area contributed by atoms with Gasteiger partial charge in [-0.25, -0.2) is 4.99 Å². The second-order valence-electron chi connectivity index (χ2n) is 4.56. The third-order valence-electron chi connectivity index (χ3n) is 2.90. The SMILES string of the molecule is Cc1cc(N=C(N)CCl)ccc1NC(=O)c1ccccc1. The average molecular weight is 302 g/mol. The number of amides is 1. The molecule has 0 atom stereocenters. The fourth-order valence-corrected chi connectivity index (χ4v) is 1.90. The average Bonchev–Trinajstić information content (AvgIpc) is 2.50. The lowest BCUT2D eigenvalue weighted by atomic mass is 10.1. The molecule has 0 heterocycles. The summed E-state index contributed by atoms with van der Waals surface area (Å²) in [6, 6.07) is 14.5. The first-order valence-corrected chi connectivity index (χ1v) is 6.99. The second-order valence-corrected chi connectivity index (χ2v) is 4.82. The number of alkyl halides is 1. The number of hydrogen-bond acceptors (Lipinski definition) is 2. The predicted molar refractivity (Wildman–Crippen MR) is 87.6 cm³/mol. The topological polar surface area (TPSA) is 67.5 Å². The second kappa shape index (κ2) is 6.90. The summed E-state index contributed by atoms with van der Waals surface area (Å²) in [6.45, 7) is 1.90. The van der Waals surface area contributed by atoms with Gasteiger partial charge in [0, 0.05) is 11.3 Å². The molecule has 0 bridgehead atoms. The maximum absolute atomic E-state index is 12.1. The molecule has 2 rings (SSSR count). The lowest BCUT2D eigenvalue weighted by Gasteiger charge is -2.09. The number of halogens is 1. The number of hydrogen-bond donors (Lipinski definition) is 2. The number of nitrogens with zero attached hydrogens (tertiary/aromatic N) is 1. The van der Waals surface area contributed by atoms with E-state index in [0.29, 0.717) is 17.1 Å². The summed E-state index contributed by atoms with van der Waals surface area (Å²) in [5, 5.41) is 2.88. The molecule has 0 aliphatic rings. The van der Waals surface area contributed by atoms with E-state index >= 15 is 0 Å². The van der Waals surface area contributed by atoms with E-state index in [0.717, 1.165) is 11.3 Å². The van der Waals surface area contributed by atoms with Gasteiger partial charge < -0.3 is 11.1 Å². The van der Waals surface area contributed by atoms with Crippen LogP contribution in [0.2, 0.25) is 0 Å². The van der Waals surface area contributed by atoms with E-state index in [2.05, 4.69) is 10.3 Å². The van der Waals surface area contributed by atoms with Gasteiger partial charge in [0.15, 0.2) is 0 Å². The molecule has 4 nitrogen and oxygen atoms in total. The Morgan fingerprint density at radius 2 is 1.95 bits per heavy atom. The largest absolute Gasteiger partial charge is 0.386 e. The van der Waals surface area contributed by atoms with Crippen molar-refractivity contribution in [2.75, 3.05) is 11.2 Å². The van der Waals surface area contributed by atoms with Gasteiger partial charge >= 0.3 is 0 Å². The molecule has 0 saturated heterocycles. The normalized spacial score (nSPS) is 11.2. The van der Waals surface area contributed by atoms with E-state index < -0.39 is 0 Å². The Hall–Kier alpha value is -2.33. The van der Waals surface area contributed by atoms with E-state index in [-0.39, 0.29) is 11.8 Å². The van der Waals surface area contributed by atoms with Gasteiger partial charge in [0.1, 0.15) is 5.84 Å². The molecule has 0 aliphatic heterocycles. The fraction of sp³-hybridized carbons (Fsp3) is 0.125. The first kappa shape index (κ1) is 15.1. The molecule has 0 unspecified atom stereocenters. The van der Waals surface area contributed by atoms with E-state index in [1.165, 1.54) is 0 Å². The highest BCUT2D eigenvalue weighted by atomic mass is 35.5. The van der Waals surface area contributed by atoms with Gasteiger partial charge in [0.05, 0.1) is 11.6 Å². The number of aliphatic imine (C=N–C) groups is 1.